The molecule has 0 bridgehead atoms. The molecule has 1 fully saturated rings. The molecule has 2 N–H and O–H groups in total. The van der Waals surface area contributed by atoms with Gasteiger partial charge in [0.05, 0.1) is 0 Å². The molecule has 0 spiro atoms. The Kier molecular flexibility index (Phi) is 4.94. The Bertz CT molecular complexity index is 379. The molecule has 1 aliphatic carbocycles. The summed E-state index contributed by atoms with van der Waals surface area (Å²) in [5, 5.41) is 0. The van der Waals surface area contributed by atoms with Crippen molar-refractivity contribution in [1.29, 1.82) is 0 Å². The van der Waals surface area contributed by atoms with Crippen LogP contribution >= 0.6 is 0 Å². The van der Waals surface area contributed by atoms with E-state index in [1.165, 1.54) is 37.7 Å². The highest BCUT2D eigenvalue weighted by Gasteiger charge is 2.37. The van der Waals surface area contributed by atoms with Gasteiger partial charge in [-0.3, -0.25) is 9.88 Å². The topological polar surface area (TPSA) is 42.1 Å². The molecule has 0 saturated heterocycles. The minimum absolute atomic E-state index is 0.197. The highest BCUT2D eigenvalue weighted by Crippen LogP contribution is 2.37. The zero-order valence-electron chi connectivity index (χ0n) is 12.3. The second kappa shape index (κ2) is 6.49. The number of nitrogens with zero attached hydrogens (tertiary/aromatic N) is 2. The summed E-state index contributed by atoms with van der Waals surface area (Å²) in [6, 6.07) is 4.20. The van der Waals surface area contributed by atoms with Crippen molar-refractivity contribution >= 4 is 0 Å². The van der Waals surface area contributed by atoms with Crippen LogP contribution in [-0.2, 0) is 6.54 Å². The molecule has 0 aliphatic heterocycles. The largest absolute Gasteiger partial charge is 0.329 e. The molecular weight excluding hydrogens is 234 g/mol. The van der Waals surface area contributed by atoms with E-state index in [-0.39, 0.29) is 5.54 Å². The molecule has 0 radical (unpaired) electrons. The summed E-state index contributed by atoms with van der Waals surface area (Å²) >= 11 is 0. The summed E-state index contributed by atoms with van der Waals surface area (Å²) in [5.74, 6) is 0.845. The normalized spacial score (nSPS) is 27.7. The van der Waals surface area contributed by atoms with Gasteiger partial charge in [-0.05, 0) is 43.5 Å². The number of hydrogen-bond acceptors (Lipinski definition) is 3. The van der Waals surface area contributed by atoms with Gasteiger partial charge in [-0.2, -0.15) is 0 Å². The fourth-order valence-electron chi connectivity index (χ4n) is 3.43. The van der Waals surface area contributed by atoms with Gasteiger partial charge >= 0.3 is 0 Å². The molecule has 3 heteroatoms. The molecule has 1 saturated carbocycles. The average Bonchev–Trinajstić information content (AvgIpc) is 2.48. The van der Waals surface area contributed by atoms with Crippen LogP contribution in [0.15, 0.2) is 24.5 Å². The van der Waals surface area contributed by atoms with Crippen LogP contribution in [0.3, 0.4) is 0 Å². The first kappa shape index (κ1) is 14.5. The first-order valence-electron chi connectivity index (χ1n) is 7.50. The Balaban J connectivity index is 2.07. The van der Waals surface area contributed by atoms with E-state index in [4.69, 9.17) is 5.73 Å². The summed E-state index contributed by atoms with van der Waals surface area (Å²) in [6.45, 7) is 4.04. The van der Waals surface area contributed by atoms with Crippen molar-refractivity contribution in [1.82, 2.24) is 9.88 Å². The van der Waals surface area contributed by atoms with Crippen molar-refractivity contribution in [3.8, 4) is 0 Å². The minimum atomic E-state index is 0.197. The number of likely N-dealkylation sites (N-methyl/N-ethyl adjacent to an activating group) is 1. The van der Waals surface area contributed by atoms with Crippen molar-refractivity contribution < 1.29 is 0 Å². The Morgan fingerprint density at radius 1 is 1.42 bits per heavy atom. The third-order valence-corrected chi connectivity index (χ3v) is 4.86. The minimum Gasteiger partial charge on any atom is -0.329 e. The van der Waals surface area contributed by atoms with Crippen molar-refractivity contribution in [2.24, 2.45) is 11.7 Å². The van der Waals surface area contributed by atoms with Crippen LogP contribution in [0.2, 0.25) is 0 Å². The molecule has 2 atom stereocenters. The van der Waals surface area contributed by atoms with Crippen LogP contribution in [0.25, 0.3) is 0 Å². The van der Waals surface area contributed by atoms with Crippen LogP contribution < -0.4 is 5.73 Å². The highest BCUT2D eigenvalue weighted by molar-refractivity contribution is 5.10. The van der Waals surface area contributed by atoms with Gasteiger partial charge in [0.15, 0.2) is 0 Å². The maximum Gasteiger partial charge on any atom is 0.0334 e. The van der Waals surface area contributed by atoms with Gasteiger partial charge in [-0.1, -0.05) is 26.2 Å². The smallest absolute Gasteiger partial charge is 0.0334 e. The zero-order valence-corrected chi connectivity index (χ0v) is 12.3. The second-order valence-electron chi connectivity index (χ2n) is 6.01. The number of nitrogens with two attached hydrogens (primary N) is 1. The van der Waals surface area contributed by atoms with Crippen molar-refractivity contribution in [3.05, 3.63) is 30.1 Å². The first-order valence-corrected chi connectivity index (χ1v) is 7.50. The standard InChI is InChI=1S/C16H27N3/c1-3-14-5-4-8-16(11-14,13-17)19(2)12-15-6-9-18-10-7-15/h6-7,9-10,14H,3-5,8,11-13,17H2,1-2H3. The molecule has 0 aromatic carbocycles. The van der Waals surface area contributed by atoms with E-state index >= 15 is 0 Å². The summed E-state index contributed by atoms with van der Waals surface area (Å²) < 4.78 is 0. The second-order valence-corrected chi connectivity index (χ2v) is 6.01. The summed E-state index contributed by atoms with van der Waals surface area (Å²) in [6.07, 6.45) is 10.2. The van der Waals surface area contributed by atoms with Gasteiger partial charge in [0.1, 0.15) is 0 Å². The van der Waals surface area contributed by atoms with Gasteiger partial charge in [-0.15, -0.1) is 0 Å². The summed E-state index contributed by atoms with van der Waals surface area (Å²) in [5.41, 5.74) is 7.68. The van der Waals surface area contributed by atoms with Crippen LogP contribution in [0.1, 0.15) is 44.6 Å². The fraction of sp³-hybridized carbons (Fsp3) is 0.688. The van der Waals surface area contributed by atoms with E-state index in [0.29, 0.717) is 0 Å². The van der Waals surface area contributed by atoms with E-state index in [2.05, 4.69) is 36.0 Å². The maximum absolute atomic E-state index is 6.16. The lowest BCUT2D eigenvalue weighted by atomic mass is 9.73. The lowest BCUT2D eigenvalue weighted by Gasteiger charge is -2.46. The zero-order chi connectivity index (χ0) is 13.7. The molecule has 2 rings (SSSR count). The monoisotopic (exact) mass is 261 g/mol. The molecule has 19 heavy (non-hydrogen) atoms. The molecule has 0 amide bonds. The molecular formula is C16H27N3. The first-order chi connectivity index (χ1) is 9.20. The number of hydrogen-bond donors (Lipinski definition) is 1. The number of pyridine rings is 1. The predicted molar refractivity (Wildman–Crippen MR) is 79.7 cm³/mol. The van der Waals surface area contributed by atoms with Crippen molar-refractivity contribution in [2.75, 3.05) is 13.6 Å². The van der Waals surface area contributed by atoms with E-state index in [1.807, 2.05) is 12.4 Å². The molecule has 3 nitrogen and oxygen atoms in total. The van der Waals surface area contributed by atoms with Crippen LogP contribution in [-0.4, -0.2) is 29.0 Å². The van der Waals surface area contributed by atoms with Crippen LogP contribution in [0.5, 0.6) is 0 Å². The molecule has 2 unspecified atom stereocenters. The quantitative estimate of drug-likeness (QED) is 0.886. The Labute approximate surface area is 117 Å². The average molecular weight is 261 g/mol. The van der Waals surface area contributed by atoms with Crippen molar-refractivity contribution in [2.45, 2.75) is 51.1 Å². The highest BCUT2D eigenvalue weighted by atomic mass is 15.2. The van der Waals surface area contributed by atoms with Gasteiger partial charge in [0, 0.05) is 31.0 Å². The van der Waals surface area contributed by atoms with E-state index in [0.717, 1.165) is 19.0 Å². The third-order valence-electron chi connectivity index (χ3n) is 4.86. The van der Waals surface area contributed by atoms with Gasteiger partial charge in [0.2, 0.25) is 0 Å². The molecule has 1 heterocycles. The molecule has 1 aliphatic rings. The summed E-state index contributed by atoms with van der Waals surface area (Å²) in [4.78, 5) is 6.56. The lowest BCUT2D eigenvalue weighted by Crippen LogP contribution is -2.54. The van der Waals surface area contributed by atoms with Gasteiger partial charge in [0.25, 0.3) is 0 Å². The third kappa shape index (κ3) is 3.34. The predicted octanol–water partition coefficient (Wildman–Crippen LogP) is 2.81. The Morgan fingerprint density at radius 2 is 2.16 bits per heavy atom. The lowest BCUT2D eigenvalue weighted by molar-refractivity contribution is 0.0504. The van der Waals surface area contributed by atoms with Gasteiger partial charge < -0.3 is 5.73 Å². The number of aromatic nitrogens is 1. The van der Waals surface area contributed by atoms with Crippen molar-refractivity contribution in [3.63, 3.8) is 0 Å². The molecule has 1 aromatic rings. The van der Waals surface area contributed by atoms with E-state index in [9.17, 15) is 0 Å². The Morgan fingerprint density at radius 3 is 2.79 bits per heavy atom. The fourth-order valence-corrected chi connectivity index (χ4v) is 3.43. The number of rotatable bonds is 5. The maximum atomic E-state index is 6.16. The van der Waals surface area contributed by atoms with Gasteiger partial charge in [-0.25, -0.2) is 0 Å². The van der Waals surface area contributed by atoms with Crippen LogP contribution in [0, 0.1) is 5.92 Å². The summed E-state index contributed by atoms with van der Waals surface area (Å²) in [7, 11) is 2.23. The van der Waals surface area contributed by atoms with E-state index < -0.39 is 0 Å². The van der Waals surface area contributed by atoms with Crippen LogP contribution in [0.4, 0.5) is 0 Å². The van der Waals surface area contributed by atoms with E-state index in [1.54, 1.807) is 0 Å². The molecule has 106 valence electrons. The Hall–Kier alpha value is -0.930. The SMILES string of the molecule is CCC1CCCC(CN)(N(C)Cc2ccncc2)C1. The molecule has 1 aromatic heterocycles.